The summed E-state index contributed by atoms with van der Waals surface area (Å²) in [5.74, 6) is -0.712. The molecule has 3 aromatic rings. The first kappa shape index (κ1) is 23.2. The molecule has 0 aliphatic heterocycles. The van der Waals surface area contributed by atoms with Crippen molar-refractivity contribution in [1.29, 1.82) is 0 Å². The molecule has 0 saturated heterocycles. The van der Waals surface area contributed by atoms with Gasteiger partial charge in [0.2, 0.25) is 0 Å². The standard InChI is InChI=1S/C25H29ClFN3O/c1-16(17-8-9-18(15-28)22(27)12-17)23(31)11-10-21-14-24(25(2,3)4)29-30(21)20-7-5-6-19(26)13-20/h5-9,12-14,16H,10-11,15,28H2,1-4H3. The number of hydrogen-bond acceptors (Lipinski definition) is 3. The minimum Gasteiger partial charge on any atom is -0.326 e. The van der Waals surface area contributed by atoms with E-state index in [1.165, 1.54) is 6.07 Å². The van der Waals surface area contributed by atoms with Crippen molar-refractivity contribution in [3.05, 3.63) is 81.9 Å². The number of rotatable bonds is 7. The molecule has 1 unspecified atom stereocenters. The molecule has 31 heavy (non-hydrogen) atoms. The molecule has 1 heterocycles. The molecule has 0 saturated carbocycles. The molecule has 0 amide bonds. The fraction of sp³-hybridized carbons (Fsp3) is 0.360. The first-order valence-electron chi connectivity index (χ1n) is 10.5. The van der Waals surface area contributed by atoms with Gasteiger partial charge in [0.15, 0.2) is 0 Å². The number of aryl methyl sites for hydroxylation is 1. The predicted octanol–water partition coefficient (Wildman–Crippen LogP) is 5.73. The minimum atomic E-state index is -0.397. The topological polar surface area (TPSA) is 60.9 Å². The van der Waals surface area contributed by atoms with E-state index in [1.54, 1.807) is 12.1 Å². The highest BCUT2D eigenvalue weighted by Gasteiger charge is 2.22. The average Bonchev–Trinajstić information content (AvgIpc) is 3.16. The van der Waals surface area contributed by atoms with Gasteiger partial charge >= 0.3 is 0 Å². The highest BCUT2D eigenvalue weighted by Crippen LogP contribution is 2.27. The molecule has 0 spiro atoms. The van der Waals surface area contributed by atoms with Gasteiger partial charge in [-0.05, 0) is 42.3 Å². The zero-order valence-electron chi connectivity index (χ0n) is 18.5. The second-order valence-corrected chi connectivity index (χ2v) is 9.34. The number of halogens is 2. The van der Waals surface area contributed by atoms with Gasteiger partial charge in [-0.2, -0.15) is 5.10 Å². The first-order chi connectivity index (χ1) is 14.6. The summed E-state index contributed by atoms with van der Waals surface area (Å²) in [7, 11) is 0. The second kappa shape index (κ2) is 9.33. The number of aromatic nitrogens is 2. The Hall–Kier alpha value is -2.50. The van der Waals surface area contributed by atoms with Gasteiger partial charge in [-0.1, -0.05) is 57.5 Å². The summed E-state index contributed by atoms with van der Waals surface area (Å²) >= 11 is 6.18. The Kier molecular flexibility index (Phi) is 6.97. The minimum absolute atomic E-state index is 0.0519. The van der Waals surface area contributed by atoms with Crippen molar-refractivity contribution in [2.24, 2.45) is 5.73 Å². The fourth-order valence-corrected chi connectivity index (χ4v) is 3.63. The van der Waals surface area contributed by atoms with Crippen LogP contribution in [0.2, 0.25) is 5.02 Å². The molecular weight excluding hydrogens is 413 g/mol. The maximum atomic E-state index is 14.1. The van der Waals surface area contributed by atoms with E-state index in [2.05, 4.69) is 26.8 Å². The number of benzene rings is 2. The Balaban J connectivity index is 1.82. The molecule has 0 aliphatic carbocycles. The molecule has 0 bridgehead atoms. The molecule has 1 aromatic heterocycles. The molecule has 0 radical (unpaired) electrons. The molecule has 164 valence electrons. The summed E-state index contributed by atoms with van der Waals surface area (Å²) in [6.07, 6.45) is 0.861. The van der Waals surface area contributed by atoms with Crippen molar-refractivity contribution >= 4 is 17.4 Å². The molecule has 4 nitrogen and oxygen atoms in total. The predicted molar refractivity (Wildman–Crippen MR) is 123 cm³/mol. The number of Topliss-reactive ketones (excluding diaryl/α,β-unsaturated/α-hetero) is 1. The normalized spacial score (nSPS) is 12.7. The van der Waals surface area contributed by atoms with E-state index in [-0.39, 0.29) is 23.6 Å². The van der Waals surface area contributed by atoms with Crippen molar-refractivity contribution in [3.8, 4) is 5.69 Å². The molecular formula is C25H29ClFN3O. The van der Waals surface area contributed by atoms with E-state index in [0.717, 1.165) is 17.1 Å². The quantitative estimate of drug-likeness (QED) is 0.509. The highest BCUT2D eigenvalue weighted by molar-refractivity contribution is 6.30. The van der Waals surface area contributed by atoms with E-state index >= 15 is 0 Å². The van der Waals surface area contributed by atoms with E-state index in [9.17, 15) is 9.18 Å². The van der Waals surface area contributed by atoms with Crippen molar-refractivity contribution in [2.75, 3.05) is 0 Å². The lowest BCUT2D eigenvalue weighted by atomic mass is 9.91. The van der Waals surface area contributed by atoms with Gasteiger partial charge in [0.1, 0.15) is 11.6 Å². The Bertz CT molecular complexity index is 1080. The van der Waals surface area contributed by atoms with Crippen LogP contribution in [0.3, 0.4) is 0 Å². The number of nitrogens with zero attached hydrogens (tertiary/aromatic N) is 2. The zero-order valence-corrected chi connectivity index (χ0v) is 19.2. The van der Waals surface area contributed by atoms with Crippen LogP contribution >= 0.6 is 11.6 Å². The summed E-state index contributed by atoms with van der Waals surface area (Å²) in [5, 5.41) is 5.42. The summed E-state index contributed by atoms with van der Waals surface area (Å²) < 4.78 is 16.0. The Morgan fingerprint density at radius 2 is 1.94 bits per heavy atom. The summed E-state index contributed by atoms with van der Waals surface area (Å²) in [6, 6.07) is 14.4. The van der Waals surface area contributed by atoms with Gasteiger partial charge in [-0.25, -0.2) is 9.07 Å². The SMILES string of the molecule is CC(C(=O)CCc1cc(C(C)(C)C)nn1-c1cccc(Cl)c1)c1ccc(CN)c(F)c1. The number of carbonyl (C=O) groups excluding carboxylic acids is 1. The Morgan fingerprint density at radius 3 is 2.55 bits per heavy atom. The molecule has 2 N–H and O–H groups in total. The number of nitrogens with two attached hydrogens (primary N) is 1. The van der Waals surface area contributed by atoms with Gasteiger partial charge in [-0.15, -0.1) is 0 Å². The third kappa shape index (κ3) is 5.41. The van der Waals surface area contributed by atoms with Crippen molar-refractivity contribution < 1.29 is 9.18 Å². The van der Waals surface area contributed by atoms with E-state index in [1.807, 2.05) is 35.9 Å². The van der Waals surface area contributed by atoms with E-state index in [0.29, 0.717) is 29.0 Å². The van der Waals surface area contributed by atoms with Crippen LogP contribution in [-0.4, -0.2) is 15.6 Å². The van der Waals surface area contributed by atoms with Gasteiger partial charge in [0, 0.05) is 40.6 Å². The third-order valence-electron chi connectivity index (χ3n) is 5.51. The first-order valence-corrected chi connectivity index (χ1v) is 10.8. The molecule has 0 fully saturated rings. The van der Waals surface area contributed by atoms with Gasteiger partial charge < -0.3 is 5.73 Å². The lowest BCUT2D eigenvalue weighted by Crippen LogP contribution is -2.13. The third-order valence-corrected chi connectivity index (χ3v) is 5.75. The van der Waals surface area contributed by atoms with Crippen LogP contribution < -0.4 is 5.73 Å². The smallest absolute Gasteiger partial charge is 0.140 e. The maximum absolute atomic E-state index is 14.1. The van der Waals surface area contributed by atoms with Crippen molar-refractivity contribution in [2.45, 2.75) is 58.4 Å². The maximum Gasteiger partial charge on any atom is 0.140 e. The highest BCUT2D eigenvalue weighted by atomic mass is 35.5. The lowest BCUT2D eigenvalue weighted by Gasteiger charge is -2.14. The van der Waals surface area contributed by atoms with Crippen LogP contribution in [-0.2, 0) is 23.2 Å². The Labute approximate surface area is 188 Å². The summed E-state index contributed by atoms with van der Waals surface area (Å²) in [5.41, 5.74) is 9.26. The van der Waals surface area contributed by atoms with Crippen LogP contribution in [0.25, 0.3) is 5.69 Å². The largest absolute Gasteiger partial charge is 0.326 e. The van der Waals surface area contributed by atoms with Crippen LogP contribution in [0.4, 0.5) is 4.39 Å². The lowest BCUT2D eigenvalue weighted by molar-refractivity contribution is -0.120. The summed E-state index contributed by atoms with van der Waals surface area (Å²) in [4.78, 5) is 12.9. The van der Waals surface area contributed by atoms with Crippen LogP contribution in [0.1, 0.15) is 62.5 Å². The number of hydrogen-bond donors (Lipinski definition) is 1. The molecule has 2 aromatic carbocycles. The van der Waals surface area contributed by atoms with E-state index < -0.39 is 5.92 Å². The zero-order chi connectivity index (χ0) is 22.8. The van der Waals surface area contributed by atoms with Gasteiger partial charge in [-0.3, -0.25) is 4.79 Å². The van der Waals surface area contributed by atoms with E-state index in [4.69, 9.17) is 22.4 Å². The summed E-state index contributed by atoms with van der Waals surface area (Å²) in [6.45, 7) is 8.27. The van der Waals surface area contributed by atoms with Crippen LogP contribution in [0, 0.1) is 5.82 Å². The molecule has 6 heteroatoms. The second-order valence-electron chi connectivity index (χ2n) is 8.91. The monoisotopic (exact) mass is 441 g/mol. The van der Waals surface area contributed by atoms with Crippen molar-refractivity contribution in [3.63, 3.8) is 0 Å². The number of ketones is 1. The Morgan fingerprint density at radius 1 is 1.19 bits per heavy atom. The number of carbonyl (C=O) groups is 1. The van der Waals surface area contributed by atoms with Crippen LogP contribution in [0.15, 0.2) is 48.5 Å². The molecule has 1 atom stereocenters. The molecule has 3 rings (SSSR count). The molecule has 0 aliphatic rings. The average molecular weight is 442 g/mol. The fourth-order valence-electron chi connectivity index (χ4n) is 3.45. The van der Waals surface area contributed by atoms with Crippen LogP contribution in [0.5, 0.6) is 0 Å². The van der Waals surface area contributed by atoms with Crippen molar-refractivity contribution in [1.82, 2.24) is 9.78 Å². The van der Waals surface area contributed by atoms with Gasteiger partial charge in [0.25, 0.3) is 0 Å². The van der Waals surface area contributed by atoms with Gasteiger partial charge in [0.05, 0.1) is 11.4 Å².